The van der Waals surface area contributed by atoms with Crippen molar-refractivity contribution in [3.05, 3.63) is 33.9 Å². The van der Waals surface area contributed by atoms with Crippen molar-refractivity contribution in [3.63, 3.8) is 0 Å². The number of ether oxygens (including phenoxy) is 2. The fraction of sp³-hybridized carbons (Fsp3) is 0.538. The zero-order valence-electron chi connectivity index (χ0n) is 11.6. The smallest absolute Gasteiger partial charge is 0.416 e. The van der Waals surface area contributed by atoms with Crippen LogP contribution >= 0.6 is 0 Å². The van der Waals surface area contributed by atoms with Crippen LogP contribution in [0.3, 0.4) is 0 Å². The number of nitrogens with zero attached hydrogens (tertiary/aromatic N) is 2. The highest BCUT2D eigenvalue weighted by molar-refractivity contribution is 5.43. The van der Waals surface area contributed by atoms with Crippen molar-refractivity contribution < 1.29 is 27.6 Å². The number of hydrogen-bond donors (Lipinski definition) is 0. The van der Waals surface area contributed by atoms with Gasteiger partial charge in [-0.2, -0.15) is 13.2 Å². The van der Waals surface area contributed by atoms with Gasteiger partial charge in [0.1, 0.15) is 12.4 Å². The fourth-order valence-corrected chi connectivity index (χ4v) is 2.05. The van der Waals surface area contributed by atoms with Crippen molar-refractivity contribution >= 4 is 5.69 Å². The zero-order valence-corrected chi connectivity index (χ0v) is 11.6. The summed E-state index contributed by atoms with van der Waals surface area (Å²) < 4.78 is 48.6. The Morgan fingerprint density at radius 1 is 1.27 bits per heavy atom. The molecule has 0 saturated carbocycles. The Morgan fingerprint density at radius 2 is 1.95 bits per heavy atom. The maximum Gasteiger partial charge on any atom is 0.416 e. The molecule has 0 amide bonds. The third-order valence-electron chi connectivity index (χ3n) is 3.21. The lowest BCUT2D eigenvalue weighted by molar-refractivity contribution is -0.385. The second-order valence-electron chi connectivity index (χ2n) is 4.77. The van der Waals surface area contributed by atoms with Crippen molar-refractivity contribution in [2.75, 3.05) is 39.5 Å². The van der Waals surface area contributed by atoms with Gasteiger partial charge >= 0.3 is 6.18 Å². The molecular formula is C13H15F3N2O4. The molecule has 0 atom stereocenters. The van der Waals surface area contributed by atoms with Crippen LogP contribution in [0.2, 0.25) is 0 Å². The predicted octanol–water partition coefficient (Wildman–Crippen LogP) is 2.32. The lowest BCUT2D eigenvalue weighted by atomic mass is 10.2. The highest BCUT2D eigenvalue weighted by atomic mass is 19.4. The molecule has 0 radical (unpaired) electrons. The predicted molar refractivity (Wildman–Crippen MR) is 70.9 cm³/mol. The Hall–Kier alpha value is -1.87. The fourth-order valence-electron chi connectivity index (χ4n) is 2.05. The van der Waals surface area contributed by atoms with E-state index in [4.69, 9.17) is 9.47 Å². The van der Waals surface area contributed by atoms with Crippen LogP contribution in [0, 0.1) is 10.1 Å². The Balaban J connectivity index is 2.02. The lowest BCUT2D eigenvalue weighted by Crippen LogP contribution is -2.38. The monoisotopic (exact) mass is 320 g/mol. The highest BCUT2D eigenvalue weighted by Gasteiger charge is 2.33. The van der Waals surface area contributed by atoms with E-state index in [1.54, 1.807) is 0 Å². The molecule has 1 aliphatic rings. The van der Waals surface area contributed by atoms with Gasteiger partial charge in [0, 0.05) is 25.7 Å². The van der Waals surface area contributed by atoms with Crippen molar-refractivity contribution in [1.29, 1.82) is 0 Å². The SMILES string of the molecule is O=[N+]([O-])c1cc(OCCN2CCOCC2)cc(C(F)(F)F)c1. The van der Waals surface area contributed by atoms with E-state index in [2.05, 4.69) is 0 Å². The van der Waals surface area contributed by atoms with Gasteiger partial charge in [0.25, 0.3) is 5.69 Å². The Bertz CT molecular complexity index is 531. The van der Waals surface area contributed by atoms with Gasteiger partial charge in [-0.3, -0.25) is 15.0 Å². The average Bonchev–Trinajstić information content (AvgIpc) is 2.47. The normalized spacial score (nSPS) is 16.5. The van der Waals surface area contributed by atoms with Gasteiger partial charge < -0.3 is 9.47 Å². The van der Waals surface area contributed by atoms with Crippen LogP contribution in [-0.4, -0.2) is 49.3 Å². The topological polar surface area (TPSA) is 64.8 Å². The first kappa shape index (κ1) is 16.5. The van der Waals surface area contributed by atoms with Crippen LogP contribution in [0.1, 0.15) is 5.56 Å². The van der Waals surface area contributed by atoms with E-state index in [9.17, 15) is 23.3 Å². The molecule has 0 N–H and O–H groups in total. The van der Waals surface area contributed by atoms with E-state index in [0.717, 1.165) is 25.2 Å². The van der Waals surface area contributed by atoms with E-state index >= 15 is 0 Å². The number of halogens is 3. The molecule has 22 heavy (non-hydrogen) atoms. The summed E-state index contributed by atoms with van der Waals surface area (Å²) in [6.07, 6.45) is -4.66. The van der Waals surface area contributed by atoms with Gasteiger partial charge in [-0.1, -0.05) is 0 Å². The second-order valence-corrected chi connectivity index (χ2v) is 4.77. The summed E-state index contributed by atoms with van der Waals surface area (Å²) in [5.41, 5.74) is -1.74. The first-order valence-corrected chi connectivity index (χ1v) is 6.66. The molecule has 0 unspecified atom stereocenters. The lowest BCUT2D eigenvalue weighted by Gasteiger charge is -2.26. The molecule has 0 spiro atoms. The van der Waals surface area contributed by atoms with Gasteiger partial charge in [-0.25, -0.2) is 0 Å². The minimum Gasteiger partial charge on any atom is -0.492 e. The number of rotatable bonds is 5. The molecule has 1 heterocycles. The second kappa shape index (κ2) is 6.93. The van der Waals surface area contributed by atoms with E-state index in [1.807, 2.05) is 4.90 Å². The zero-order chi connectivity index (χ0) is 16.2. The van der Waals surface area contributed by atoms with Crippen LogP contribution in [0.5, 0.6) is 5.75 Å². The number of alkyl halides is 3. The molecule has 1 fully saturated rings. The molecule has 0 aliphatic carbocycles. The van der Waals surface area contributed by atoms with Gasteiger partial charge in [0.15, 0.2) is 0 Å². The molecule has 9 heteroatoms. The first-order valence-electron chi connectivity index (χ1n) is 6.66. The molecule has 0 aromatic heterocycles. The van der Waals surface area contributed by atoms with Gasteiger partial charge in [0.05, 0.1) is 29.8 Å². The molecule has 1 aromatic carbocycles. The third kappa shape index (κ3) is 4.57. The quantitative estimate of drug-likeness (QED) is 0.615. The Labute approximate surface area is 124 Å². The van der Waals surface area contributed by atoms with Crippen molar-refractivity contribution in [2.24, 2.45) is 0 Å². The summed E-state index contributed by atoms with van der Waals surface area (Å²) in [6.45, 7) is 3.34. The summed E-state index contributed by atoms with van der Waals surface area (Å²) >= 11 is 0. The van der Waals surface area contributed by atoms with Crippen LogP contribution in [0.4, 0.5) is 18.9 Å². The van der Waals surface area contributed by atoms with Crippen molar-refractivity contribution in [3.8, 4) is 5.75 Å². The first-order chi connectivity index (χ1) is 10.4. The molecule has 1 aliphatic heterocycles. The largest absolute Gasteiger partial charge is 0.492 e. The Morgan fingerprint density at radius 3 is 2.55 bits per heavy atom. The van der Waals surface area contributed by atoms with Crippen molar-refractivity contribution in [1.82, 2.24) is 4.90 Å². The third-order valence-corrected chi connectivity index (χ3v) is 3.21. The minimum atomic E-state index is -4.66. The standard InChI is InChI=1S/C13H15F3N2O4/c14-13(15,16)10-7-11(18(19)20)9-12(8-10)22-6-3-17-1-4-21-5-2-17/h7-9H,1-6H2. The molecule has 0 bridgehead atoms. The molecular weight excluding hydrogens is 305 g/mol. The van der Waals surface area contributed by atoms with Crippen molar-refractivity contribution in [2.45, 2.75) is 6.18 Å². The summed E-state index contributed by atoms with van der Waals surface area (Å²) in [5, 5.41) is 10.7. The number of benzene rings is 1. The molecule has 2 rings (SSSR count). The maximum absolute atomic E-state index is 12.7. The van der Waals surface area contributed by atoms with Crippen LogP contribution in [0.15, 0.2) is 18.2 Å². The summed E-state index contributed by atoms with van der Waals surface area (Å²) in [4.78, 5) is 11.9. The molecule has 6 nitrogen and oxygen atoms in total. The van der Waals surface area contributed by atoms with E-state index in [0.29, 0.717) is 25.8 Å². The van der Waals surface area contributed by atoms with Gasteiger partial charge in [-0.05, 0) is 6.07 Å². The van der Waals surface area contributed by atoms with E-state index in [1.165, 1.54) is 0 Å². The molecule has 1 saturated heterocycles. The summed E-state index contributed by atoms with van der Waals surface area (Å²) in [5.74, 6) is -0.158. The van der Waals surface area contributed by atoms with E-state index in [-0.39, 0.29) is 12.4 Å². The number of nitro groups is 1. The summed E-state index contributed by atoms with van der Waals surface area (Å²) in [6, 6.07) is 2.26. The van der Waals surface area contributed by atoms with Crippen LogP contribution < -0.4 is 4.74 Å². The Kier molecular flexibility index (Phi) is 5.19. The van der Waals surface area contributed by atoms with E-state index < -0.39 is 22.4 Å². The minimum absolute atomic E-state index is 0.151. The molecule has 1 aromatic rings. The number of hydrogen-bond acceptors (Lipinski definition) is 5. The van der Waals surface area contributed by atoms with Gasteiger partial charge in [0.2, 0.25) is 0 Å². The summed E-state index contributed by atoms with van der Waals surface area (Å²) in [7, 11) is 0. The number of morpholine rings is 1. The highest BCUT2D eigenvalue weighted by Crippen LogP contribution is 2.34. The van der Waals surface area contributed by atoms with Gasteiger partial charge in [-0.15, -0.1) is 0 Å². The average molecular weight is 320 g/mol. The van der Waals surface area contributed by atoms with Crippen LogP contribution in [-0.2, 0) is 10.9 Å². The van der Waals surface area contributed by atoms with Crippen LogP contribution in [0.25, 0.3) is 0 Å². The number of nitro benzene ring substituents is 1. The molecule has 122 valence electrons. The number of non-ortho nitro benzene ring substituents is 1. The maximum atomic E-state index is 12.7.